The quantitative estimate of drug-likeness (QED) is 0.806. The van der Waals surface area contributed by atoms with E-state index in [-0.39, 0.29) is 12.1 Å². The van der Waals surface area contributed by atoms with Crippen LogP contribution in [0.2, 0.25) is 0 Å². The third kappa shape index (κ3) is 2.33. The molecule has 4 heteroatoms. The number of likely N-dealkylation sites (N-methyl/N-ethyl adjacent to an activating group) is 1. The molecule has 2 rings (SSSR count). The van der Waals surface area contributed by atoms with Crippen LogP contribution in [0.5, 0.6) is 0 Å². The Labute approximate surface area is 100 Å². The molecule has 1 fully saturated rings. The van der Waals surface area contributed by atoms with E-state index in [0.717, 1.165) is 25.1 Å². The van der Waals surface area contributed by atoms with Crippen molar-refractivity contribution in [2.24, 2.45) is 0 Å². The van der Waals surface area contributed by atoms with Gasteiger partial charge in [0.25, 0.3) is 0 Å². The number of hydrogen-bond acceptors (Lipinski definition) is 2. The van der Waals surface area contributed by atoms with Crippen molar-refractivity contribution in [1.29, 1.82) is 0 Å². The Morgan fingerprint density at radius 1 is 1.35 bits per heavy atom. The maximum atomic E-state index is 13.2. The highest BCUT2D eigenvalue weighted by Crippen LogP contribution is 2.34. The van der Waals surface area contributed by atoms with Gasteiger partial charge in [-0.1, -0.05) is 13.0 Å². The Morgan fingerprint density at radius 3 is 2.71 bits per heavy atom. The van der Waals surface area contributed by atoms with Gasteiger partial charge in [0, 0.05) is 19.6 Å². The summed E-state index contributed by atoms with van der Waals surface area (Å²) in [5.41, 5.74) is 0.812. The van der Waals surface area contributed by atoms with E-state index in [1.807, 2.05) is 0 Å². The largest absolute Gasteiger partial charge is 0.366 e. The molecule has 0 radical (unpaired) electrons. The fraction of sp³-hybridized carbons (Fsp3) is 0.538. The molecule has 2 atom stereocenters. The van der Waals surface area contributed by atoms with Crippen LogP contribution in [0.4, 0.5) is 8.78 Å². The van der Waals surface area contributed by atoms with Crippen molar-refractivity contribution in [3.05, 3.63) is 35.4 Å². The van der Waals surface area contributed by atoms with E-state index in [4.69, 9.17) is 4.74 Å². The van der Waals surface area contributed by atoms with E-state index in [1.54, 1.807) is 13.2 Å². The minimum absolute atomic E-state index is 0.0372. The molecule has 0 spiro atoms. The van der Waals surface area contributed by atoms with Crippen LogP contribution in [-0.2, 0) is 4.74 Å². The molecular formula is C13H17F2NO. The highest BCUT2D eigenvalue weighted by molar-refractivity contribution is 5.24. The maximum absolute atomic E-state index is 13.2. The zero-order valence-corrected chi connectivity index (χ0v) is 10.1. The molecule has 0 amide bonds. The predicted octanol–water partition coefficient (Wildman–Crippen LogP) is 2.75. The number of benzene rings is 1. The average molecular weight is 241 g/mol. The molecule has 0 aromatic heterocycles. The molecule has 0 saturated carbocycles. The molecule has 1 unspecified atom stereocenters. The van der Waals surface area contributed by atoms with Crippen molar-refractivity contribution in [1.82, 2.24) is 4.90 Å². The van der Waals surface area contributed by atoms with E-state index in [9.17, 15) is 8.78 Å². The molecule has 1 aliphatic rings. The van der Waals surface area contributed by atoms with Crippen molar-refractivity contribution in [3.8, 4) is 0 Å². The number of ether oxygens (including phenoxy) is 1. The molecule has 17 heavy (non-hydrogen) atoms. The first-order chi connectivity index (χ1) is 8.17. The average Bonchev–Trinajstić information content (AvgIpc) is 2.75. The van der Waals surface area contributed by atoms with E-state index in [2.05, 4.69) is 11.8 Å². The lowest BCUT2D eigenvalue weighted by atomic mass is 9.96. The summed E-state index contributed by atoms with van der Waals surface area (Å²) in [6, 6.07) is 4.12. The minimum atomic E-state index is -0.798. The summed E-state index contributed by atoms with van der Waals surface area (Å²) < 4.78 is 31.6. The van der Waals surface area contributed by atoms with Gasteiger partial charge in [0.05, 0.1) is 0 Å². The van der Waals surface area contributed by atoms with Gasteiger partial charge >= 0.3 is 0 Å². The first-order valence-corrected chi connectivity index (χ1v) is 5.89. The van der Waals surface area contributed by atoms with Crippen molar-refractivity contribution in [3.63, 3.8) is 0 Å². The van der Waals surface area contributed by atoms with Gasteiger partial charge in [-0.15, -0.1) is 0 Å². The molecule has 2 nitrogen and oxygen atoms in total. The van der Waals surface area contributed by atoms with Crippen molar-refractivity contribution >= 4 is 0 Å². The van der Waals surface area contributed by atoms with Gasteiger partial charge in [-0.2, -0.15) is 0 Å². The maximum Gasteiger partial charge on any atom is 0.159 e. The number of halogens is 2. The summed E-state index contributed by atoms with van der Waals surface area (Å²) in [6.07, 6.45) is 0.877. The highest BCUT2D eigenvalue weighted by atomic mass is 19.2. The van der Waals surface area contributed by atoms with Crippen molar-refractivity contribution < 1.29 is 13.5 Å². The minimum Gasteiger partial charge on any atom is -0.366 e. The van der Waals surface area contributed by atoms with Gasteiger partial charge in [-0.05, 0) is 30.7 Å². The number of hydrogen-bond donors (Lipinski definition) is 0. The van der Waals surface area contributed by atoms with Crippen LogP contribution in [-0.4, -0.2) is 31.3 Å². The molecule has 1 saturated heterocycles. The number of rotatable bonds is 3. The third-order valence-corrected chi connectivity index (χ3v) is 3.45. The molecule has 1 aliphatic heterocycles. The second kappa shape index (κ2) is 5.10. The summed E-state index contributed by atoms with van der Waals surface area (Å²) in [6.45, 7) is 3.90. The standard InChI is InChI=1S/C13H17F2NO/c1-3-16-7-6-10(13(16)17-2)9-4-5-11(14)12(15)8-9/h4-5,8,10,13H,3,6-7H2,1-2H3/t10?,13-/m0/s1. The Balaban J connectivity index is 2.24. The van der Waals surface area contributed by atoms with Crippen LogP contribution in [0.15, 0.2) is 18.2 Å². The summed E-state index contributed by atoms with van der Waals surface area (Å²) in [5.74, 6) is -1.46. The predicted molar refractivity (Wildman–Crippen MR) is 61.8 cm³/mol. The monoisotopic (exact) mass is 241 g/mol. The Bertz CT molecular complexity index is 397. The molecule has 0 N–H and O–H groups in total. The van der Waals surface area contributed by atoms with E-state index >= 15 is 0 Å². The van der Waals surface area contributed by atoms with Gasteiger partial charge in [0.1, 0.15) is 6.23 Å². The van der Waals surface area contributed by atoms with Crippen molar-refractivity contribution in [2.45, 2.75) is 25.5 Å². The third-order valence-electron chi connectivity index (χ3n) is 3.45. The molecule has 0 bridgehead atoms. The Kier molecular flexibility index (Phi) is 3.74. The zero-order valence-electron chi connectivity index (χ0n) is 10.1. The lowest BCUT2D eigenvalue weighted by Crippen LogP contribution is -2.33. The van der Waals surface area contributed by atoms with Gasteiger partial charge in [-0.3, -0.25) is 4.90 Å². The molecule has 1 aromatic carbocycles. The summed E-state index contributed by atoms with van der Waals surface area (Å²) >= 11 is 0. The van der Waals surface area contributed by atoms with E-state index in [0.29, 0.717) is 0 Å². The molecule has 1 aromatic rings. The lowest BCUT2D eigenvalue weighted by molar-refractivity contribution is -0.0113. The number of likely N-dealkylation sites (tertiary alicyclic amines) is 1. The molecule has 94 valence electrons. The molecule has 0 aliphatic carbocycles. The zero-order chi connectivity index (χ0) is 12.4. The fourth-order valence-corrected chi connectivity index (χ4v) is 2.55. The topological polar surface area (TPSA) is 12.5 Å². The van der Waals surface area contributed by atoms with Crippen LogP contribution in [0.3, 0.4) is 0 Å². The van der Waals surface area contributed by atoms with E-state index in [1.165, 1.54) is 12.1 Å². The van der Waals surface area contributed by atoms with Crippen molar-refractivity contribution in [2.75, 3.05) is 20.2 Å². The van der Waals surface area contributed by atoms with Gasteiger partial charge in [0.15, 0.2) is 11.6 Å². The summed E-state index contributed by atoms with van der Waals surface area (Å²) in [7, 11) is 1.66. The second-order valence-electron chi connectivity index (χ2n) is 4.32. The highest BCUT2D eigenvalue weighted by Gasteiger charge is 2.34. The second-order valence-corrected chi connectivity index (χ2v) is 4.32. The Morgan fingerprint density at radius 2 is 2.12 bits per heavy atom. The van der Waals surface area contributed by atoms with Crippen LogP contribution >= 0.6 is 0 Å². The fourth-order valence-electron chi connectivity index (χ4n) is 2.55. The lowest BCUT2D eigenvalue weighted by Gasteiger charge is -2.25. The SMILES string of the molecule is CCN1CCC(c2ccc(F)c(F)c2)[C@@H]1OC. The summed E-state index contributed by atoms with van der Waals surface area (Å²) in [5, 5.41) is 0. The first kappa shape index (κ1) is 12.5. The number of methoxy groups -OCH3 is 1. The van der Waals surface area contributed by atoms with Crippen LogP contribution in [0, 0.1) is 11.6 Å². The van der Waals surface area contributed by atoms with Crippen LogP contribution < -0.4 is 0 Å². The van der Waals surface area contributed by atoms with Gasteiger partial charge in [-0.25, -0.2) is 8.78 Å². The normalized spacial score (nSPS) is 25.4. The van der Waals surface area contributed by atoms with Gasteiger partial charge in [0.2, 0.25) is 0 Å². The van der Waals surface area contributed by atoms with E-state index < -0.39 is 11.6 Å². The Hall–Kier alpha value is -1.00. The van der Waals surface area contributed by atoms with Crippen LogP contribution in [0.1, 0.15) is 24.8 Å². The van der Waals surface area contributed by atoms with Crippen LogP contribution in [0.25, 0.3) is 0 Å². The number of nitrogens with zero attached hydrogens (tertiary/aromatic N) is 1. The molecule has 1 heterocycles. The summed E-state index contributed by atoms with van der Waals surface area (Å²) in [4.78, 5) is 2.20. The molecular weight excluding hydrogens is 224 g/mol. The first-order valence-electron chi connectivity index (χ1n) is 5.89. The smallest absolute Gasteiger partial charge is 0.159 e. The van der Waals surface area contributed by atoms with Gasteiger partial charge < -0.3 is 4.74 Å².